The van der Waals surface area contributed by atoms with E-state index >= 15 is 0 Å². The molecule has 1 aliphatic rings. The fraction of sp³-hybridized carbons (Fsp3) is 0.917. The molecule has 2 N–H and O–H groups in total. The maximum atomic E-state index is 5.79. The number of nitrogens with two attached hydrogens (primary N) is 1. The predicted molar refractivity (Wildman–Crippen MR) is 69.6 cm³/mol. The zero-order valence-corrected chi connectivity index (χ0v) is 11.1. The van der Waals surface area contributed by atoms with Crippen molar-refractivity contribution >= 4 is 17.2 Å². The molecule has 0 aliphatic carbocycles. The summed E-state index contributed by atoms with van der Waals surface area (Å²) in [4.78, 5) is 0.596. The summed E-state index contributed by atoms with van der Waals surface area (Å²) >= 11 is 5.03. The van der Waals surface area contributed by atoms with Crippen LogP contribution in [0, 0.1) is 5.41 Å². The molecule has 4 heteroatoms. The Morgan fingerprint density at radius 3 is 2.62 bits per heavy atom. The van der Waals surface area contributed by atoms with Crippen LogP contribution in [0.5, 0.6) is 0 Å². The number of thiocarbonyl (C=S) groups is 1. The standard InChI is InChI=1S/C12H23NO2S/c1-12(2,11(13)16)6-3-7-15-10-4-8-14-9-5-10/h10H,3-9H2,1-2H3,(H2,13,16). The van der Waals surface area contributed by atoms with Crippen LogP contribution in [-0.2, 0) is 9.47 Å². The van der Waals surface area contributed by atoms with E-state index in [1.807, 2.05) is 0 Å². The third-order valence-corrected chi connectivity index (χ3v) is 3.69. The van der Waals surface area contributed by atoms with Crippen LogP contribution in [0.1, 0.15) is 39.5 Å². The van der Waals surface area contributed by atoms with E-state index in [0.717, 1.165) is 45.5 Å². The van der Waals surface area contributed by atoms with E-state index in [1.165, 1.54) is 0 Å². The quantitative estimate of drug-likeness (QED) is 0.576. The van der Waals surface area contributed by atoms with E-state index in [2.05, 4.69) is 13.8 Å². The summed E-state index contributed by atoms with van der Waals surface area (Å²) in [6.07, 6.45) is 4.45. The molecule has 16 heavy (non-hydrogen) atoms. The Morgan fingerprint density at radius 2 is 2.06 bits per heavy atom. The van der Waals surface area contributed by atoms with E-state index < -0.39 is 0 Å². The predicted octanol–water partition coefficient (Wildman–Crippen LogP) is 2.27. The Balaban J connectivity index is 2.09. The van der Waals surface area contributed by atoms with Crippen molar-refractivity contribution in [2.45, 2.75) is 45.6 Å². The average molecular weight is 245 g/mol. The molecular weight excluding hydrogens is 222 g/mol. The average Bonchev–Trinajstić information content (AvgIpc) is 2.26. The number of hydrogen-bond acceptors (Lipinski definition) is 3. The molecule has 0 saturated carbocycles. The zero-order chi connectivity index (χ0) is 12.0. The highest BCUT2D eigenvalue weighted by molar-refractivity contribution is 7.80. The van der Waals surface area contributed by atoms with Gasteiger partial charge in [-0.3, -0.25) is 0 Å². The molecule has 0 unspecified atom stereocenters. The molecule has 0 amide bonds. The summed E-state index contributed by atoms with van der Waals surface area (Å²) in [6, 6.07) is 0. The van der Waals surface area contributed by atoms with E-state index in [0.29, 0.717) is 11.1 Å². The van der Waals surface area contributed by atoms with Gasteiger partial charge in [-0.05, 0) is 25.7 Å². The summed E-state index contributed by atoms with van der Waals surface area (Å²) in [6.45, 7) is 6.65. The van der Waals surface area contributed by atoms with Gasteiger partial charge in [-0.15, -0.1) is 0 Å². The van der Waals surface area contributed by atoms with Crippen LogP contribution < -0.4 is 5.73 Å². The molecule has 1 heterocycles. The second-order valence-electron chi connectivity index (χ2n) is 5.03. The summed E-state index contributed by atoms with van der Waals surface area (Å²) in [5.74, 6) is 0. The van der Waals surface area contributed by atoms with Crippen LogP contribution in [0.25, 0.3) is 0 Å². The van der Waals surface area contributed by atoms with Gasteiger partial charge in [0.25, 0.3) is 0 Å². The van der Waals surface area contributed by atoms with Crippen molar-refractivity contribution in [2.75, 3.05) is 19.8 Å². The lowest BCUT2D eigenvalue weighted by molar-refractivity contribution is -0.0335. The normalized spacial score (nSPS) is 18.6. The lowest BCUT2D eigenvalue weighted by atomic mass is 9.88. The molecule has 0 radical (unpaired) electrons. The molecule has 0 aromatic heterocycles. The van der Waals surface area contributed by atoms with E-state index in [9.17, 15) is 0 Å². The summed E-state index contributed by atoms with van der Waals surface area (Å²) in [5.41, 5.74) is 5.62. The monoisotopic (exact) mass is 245 g/mol. The molecular formula is C12H23NO2S. The molecule has 1 rings (SSSR count). The van der Waals surface area contributed by atoms with Crippen molar-refractivity contribution < 1.29 is 9.47 Å². The van der Waals surface area contributed by atoms with Gasteiger partial charge < -0.3 is 15.2 Å². The molecule has 1 saturated heterocycles. The smallest absolute Gasteiger partial charge is 0.0784 e. The minimum absolute atomic E-state index is 0.0473. The Hall–Kier alpha value is -0.190. The van der Waals surface area contributed by atoms with Crippen LogP contribution in [0.3, 0.4) is 0 Å². The van der Waals surface area contributed by atoms with Gasteiger partial charge in [-0.2, -0.15) is 0 Å². The molecule has 1 fully saturated rings. The molecule has 0 aromatic rings. The first kappa shape index (κ1) is 13.9. The third kappa shape index (κ3) is 4.76. The second-order valence-corrected chi connectivity index (χ2v) is 5.47. The molecule has 0 aromatic carbocycles. The summed E-state index contributed by atoms with van der Waals surface area (Å²) < 4.78 is 11.1. The minimum atomic E-state index is -0.0473. The van der Waals surface area contributed by atoms with Crippen molar-refractivity contribution in [3.63, 3.8) is 0 Å². The maximum absolute atomic E-state index is 5.79. The van der Waals surface area contributed by atoms with Crippen molar-refractivity contribution in [3.05, 3.63) is 0 Å². The second kappa shape index (κ2) is 6.52. The highest BCUT2D eigenvalue weighted by Gasteiger charge is 2.21. The van der Waals surface area contributed by atoms with Crippen LogP contribution >= 0.6 is 12.2 Å². The Morgan fingerprint density at radius 1 is 1.44 bits per heavy atom. The van der Waals surface area contributed by atoms with Crippen molar-refractivity contribution in [1.82, 2.24) is 0 Å². The first-order chi connectivity index (χ1) is 7.52. The van der Waals surface area contributed by atoms with Gasteiger partial charge in [0, 0.05) is 25.2 Å². The molecule has 0 atom stereocenters. The fourth-order valence-corrected chi connectivity index (χ4v) is 1.83. The van der Waals surface area contributed by atoms with Gasteiger partial charge in [-0.25, -0.2) is 0 Å². The molecule has 0 spiro atoms. The molecule has 94 valence electrons. The Labute approximate surface area is 104 Å². The van der Waals surface area contributed by atoms with Crippen molar-refractivity contribution in [2.24, 2.45) is 11.1 Å². The largest absolute Gasteiger partial charge is 0.393 e. The first-order valence-corrected chi connectivity index (χ1v) is 6.42. The summed E-state index contributed by atoms with van der Waals surface area (Å²) in [5, 5.41) is 0. The molecule has 1 aliphatic heterocycles. The van der Waals surface area contributed by atoms with Gasteiger partial charge in [0.2, 0.25) is 0 Å². The van der Waals surface area contributed by atoms with E-state index in [4.69, 9.17) is 27.4 Å². The lowest BCUT2D eigenvalue weighted by Gasteiger charge is -2.25. The Bertz CT molecular complexity index is 225. The highest BCUT2D eigenvalue weighted by Crippen LogP contribution is 2.23. The lowest BCUT2D eigenvalue weighted by Crippen LogP contribution is -2.30. The maximum Gasteiger partial charge on any atom is 0.0784 e. The van der Waals surface area contributed by atoms with Gasteiger partial charge in [0.15, 0.2) is 0 Å². The third-order valence-electron chi connectivity index (χ3n) is 3.14. The molecule has 0 bridgehead atoms. The number of rotatable bonds is 6. The van der Waals surface area contributed by atoms with Gasteiger partial charge in [-0.1, -0.05) is 26.1 Å². The van der Waals surface area contributed by atoms with Gasteiger partial charge in [0.05, 0.1) is 11.1 Å². The van der Waals surface area contributed by atoms with Crippen LogP contribution in [0.15, 0.2) is 0 Å². The number of ether oxygens (including phenoxy) is 2. The first-order valence-electron chi connectivity index (χ1n) is 6.01. The van der Waals surface area contributed by atoms with Crippen molar-refractivity contribution in [3.8, 4) is 0 Å². The van der Waals surface area contributed by atoms with Crippen LogP contribution in [0.2, 0.25) is 0 Å². The van der Waals surface area contributed by atoms with Crippen molar-refractivity contribution in [1.29, 1.82) is 0 Å². The zero-order valence-electron chi connectivity index (χ0n) is 10.3. The minimum Gasteiger partial charge on any atom is -0.393 e. The van der Waals surface area contributed by atoms with E-state index in [1.54, 1.807) is 0 Å². The summed E-state index contributed by atoms with van der Waals surface area (Å²) in [7, 11) is 0. The molecule has 3 nitrogen and oxygen atoms in total. The fourth-order valence-electron chi connectivity index (χ4n) is 1.73. The van der Waals surface area contributed by atoms with Crippen LogP contribution in [-0.4, -0.2) is 30.9 Å². The number of hydrogen-bond donors (Lipinski definition) is 1. The highest BCUT2D eigenvalue weighted by atomic mass is 32.1. The van der Waals surface area contributed by atoms with Gasteiger partial charge >= 0.3 is 0 Å². The van der Waals surface area contributed by atoms with Crippen LogP contribution in [0.4, 0.5) is 0 Å². The van der Waals surface area contributed by atoms with E-state index in [-0.39, 0.29) is 5.41 Å². The Kier molecular flexibility index (Phi) is 5.66. The van der Waals surface area contributed by atoms with Gasteiger partial charge in [0.1, 0.15) is 0 Å². The topological polar surface area (TPSA) is 44.5 Å². The SMILES string of the molecule is CC(C)(CCCOC1CCOCC1)C(N)=S.